The summed E-state index contributed by atoms with van der Waals surface area (Å²) in [6.45, 7) is 1.40. The van der Waals surface area contributed by atoms with Crippen LogP contribution in [0.4, 0.5) is 10.5 Å². The van der Waals surface area contributed by atoms with Crippen molar-refractivity contribution in [2.45, 2.75) is 18.9 Å². The van der Waals surface area contributed by atoms with Crippen LogP contribution >= 0.6 is 0 Å². The molecule has 0 radical (unpaired) electrons. The van der Waals surface area contributed by atoms with Crippen LogP contribution < -0.4 is 5.32 Å². The molecule has 1 aromatic carbocycles. The highest BCUT2D eigenvalue weighted by Crippen LogP contribution is 2.38. The Morgan fingerprint density at radius 3 is 2.32 bits per heavy atom. The van der Waals surface area contributed by atoms with Crippen LogP contribution in [0.1, 0.15) is 23.2 Å². The zero-order valence-electron chi connectivity index (χ0n) is 12.5. The van der Waals surface area contributed by atoms with Crippen molar-refractivity contribution in [1.82, 2.24) is 4.90 Å². The fourth-order valence-electron chi connectivity index (χ4n) is 3.44. The molecule has 2 amide bonds. The first-order chi connectivity index (χ1) is 10.6. The summed E-state index contributed by atoms with van der Waals surface area (Å²) >= 11 is 0. The second-order valence-electron chi connectivity index (χ2n) is 6.05. The second-order valence-corrected chi connectivity index (χ2v) is 6.05. The van der Waals surface area contributed by atoms with E-state index in [4.69, 9.17) is 0 Å². The normalized spacial score (nSPS) is 26.6. The molecular formula is C16H20N2O4. The van der Waals surface area contributed by atoms with E-state index in [1.165, 1.54) is 7.11 Å². The SMILES string of the molecule is COC(=O)c1ccc(NC(=O)N2C[C@H]3CC(O)C[C@H]3C2)cc1. The van der Waals surface area contributed by atoms with Gasteiger partial charge in [0.2, 0.25) is 0 Å². The van der Waals surface area contributed by atoms with E-state index >= 15 is 0 Å². The predicted octanol–water partition coefficient (Wildman–Crippen LogP) is 1.71. The Morgan fingerprint density at radius 2 is 1.77 bits per heavy atom. The van der Waals surface area contributed by atoms with Gasteiger partial charge in [-0.05, 0) is 48.9 Å². The van der Waals surface area contributed by atoms with Crippen molar-refractivity contribution < 1.29 is 19.4 Å². The Labute approximate surface area is 129 Å². The van der Waals surface area contributed by atoms with E-state index in [-0.39, 0.29) is 12.1 Å². The van der Waals surface area contributed by atoms with Gasteiger partial charge in [-0.2, -0.15) is 0 Å². The number of rotatable bonds is 2. The Morgan fingerprint density at radius 1 is 1.18 bits per heavy atom. The van der Waals surface area contributed by atoms with Crippen molar-refractivity contribution in [2.24, 2.45) is 11.8 Å². The van der Waals surface area contributed by atoms with Crippen LogP contribution in [-0.4, -0.2) is 48.3 Å². The lowest BCUT2D eigenvalue weighted by atomic mass is 10.0. The number of carbonyl (C=O) groups is 2. The number of nitrogens with one attached hydrogen (secondary N) is 1. The first kappa shape index (κ1) is 14.8. The molecular weight excluding hydrogens is 284 g/mol. The molecule has 1 aliphatic carbocycles. The van der Waals surface area contributed by atoms with Crippen LogP contribution in [0.25, 0.3) is 0 Å². The summed E-state index contributed by atoms with van der Waals surface area (Å²) in [5, 5.41) is 12.5. The minimum atomic E-state index is -0.399. The molecule has 3 rings (SSSR count). The molecule has 6 heteroatoms. The number of fused-ring (bicyclic) bond motifs is 1. The average molecular weight is 304 g/mol. The molecule has 0 aromatic heterocycles. The fourth-order valence-corrected chi connectivity index (χ4v) is 3.44. The number of carbonyl (C=O) groups excluding carboxylic acids is 2. The molecule has 2 aliphatic rings. The maximum atomic E-state index is 12.3. The lowest BCUT2D eigenvalue weighted by Gasteiger charge is -2.19. The molecule has 1 saturated carbocycles. The number of ether oxygens (including phenoxy) is 1. The van der Waals surface area contributed by atoms with Crippen LogP contribution in [0.3, 0.4) is 0 Å². The third-order valence-electron chi connectivity index (χ3n) is 4.57. The lowest BCUT2D eigenvalue weighted by Crippen LogP contribution is -2.34. The van der Waals surface area contributed by atoms with Crippen LogP contribution in [0.2, 0.25) is 0 Å². The highest BCUT2D eigenvalue weighted by atomic mass is 16.5. The van der Waals surface area contributed by atoms with Crippen LogP contribution in [0.15, 0.2) is 24.3 Å². The quantitative estimate of drug-likeness (QED) is 0.815. The summed E-state index contributed by atoms with van der Waals surface area (Å²) < 4.78 is 4.63. The zero-order valence-corrected chi connectivity index (χ0v) is 12.5. The molecule has 1 heterocycles. The summed E-state index contributed by atoms with van der Waals surface area (Å²) in [6.07, 6.45) is 1.39. The number of likely N-dealkylation sites (tertiary alicyclic amines) is 1. The van der Waals surface area contributed by atoms with Gasteiger partial charge in [0.15, 0.2) is 0 Å². The number of aliphatic hydroxyl groups excluding tert-OH is 1. The van der Waals surface area contributed by atoms with Crippen molar-refractivity contribution >= 4 is 17.7 Å². The average Bonchev–Trinajstić information content (AvgIpc) is 3.04. The van der Waals surface area contributed by atoms with E-state index in [0.29, 0.717) is 36.2 Å². The number of amides is 2. The second kappa shape index (κ2) is 5.96. The third-order valence-corrected chi connectivity index (χ3v) is 4.57. The zero-order chi connectivity index (χ0) is 15.7. The number of benzene rings is 1. The molecule has 0 bridgehead atoms. The number of urea groups is 1. The van der Waals surface area contributed by atoms with Gasteiger partial charge in [0, 0.05) is 18.8 Å². The minimum Gasteiger partial charge on any atom is -0.465 e. The Bertz CT molecular complexity index is 558. The summed E-state index contributed by atoms with van der Waals surface area (Å²) in [6, 6.07) is 6.48. The summed E-state index contributed by atoms with van der Waals surface area (Å²) in [5.41, 5.74) is 1.10. The van der Waals surface area contributed by atoms with E-state index in [0.717, 1.165) is 12.8 Å². The summed E-state index contributed by atoms with van der Waals surface area (Å²) in [7, 11) is 1.33. The molecule has 6 nitrogen and oxygen atoms in total. The number of anilines is 1. The predicted molar refractivity (Wildman–Crippen MR) is 80.6 cm³/mol. The molecule has 1 unspecified atom stereocenters. The maximum Gasteiger partial charge on any atom is 0.337 e. The molecule has 1 aliphatic heterocycles. The van der Waals surface area contributed by atoms with Crippen molar-refractivity contribution in [2.75, 3.05) is 25.5 Å². The molecule has 1 saturated heterocycles. The van der Waals surface area contributed by atoms with E-state index in [2.05, 4.69) is 10.1 Å². The van der Waals surface area contributed by atoms with E-state index < -0.39 is 5.97 Å². The van der Waals surface area contributed by atoms with Gasteiger partial charge in [-0.1, -0.05) is 0 Å². The van der Waals surface area contributed by atoms with Crippen molar-refractivity contribution in [3.63, 3.8) is 0 Å². The van der Waals surface area contributed by atoms with Gasteiger partial charge in [0.05, 0.1) is 18.8 Å². The standard InChI is InChI=1S/C16H20N2O4/c1-22-15(20)10-2-4-13(5-3-10)17-16(21)18-8-11-6-14(19)7-12(11)9-18/h2-5,11-12,14,19H,6-9H2,1H3,(H,17,21)/t11-,12+,14?. The highest BCUT2D eigenvalue weighted by Gasteiger charge is 2.41. The van der Waals surface area contributed by atoms with E-state index in [1.54, 1.807) is 29.2 Å². The molecule has 2 N–H and O–H groups in total. The van der Waals surface area contributed by atoms with Gasteiger partial charge >= 0.3 is 12.0 Å². The van der Waals surface area contributed by atoms with Crippen LogP contribution in [0, 0.1) is 11.8 Å². The lowest BCUT2D eigenvalue weighted by molar-refractivity contribution is 0.0600. The molecule has 1 aromatic rings. The van der Waals surface area contributed by atoms with Gasteiger partial charge < -0.3 is 20.1 Å². The summed E-state index contributed by atoms with van der Waals surface area (Å²) in [5.74, 6) is 0.439. The number of aliphatic hydroxyl groups is 1. The van der Waals surface area contributed by atoms with E-state index in [9.17, 15) is 14.7 Å². The molecule has 3 atom stereocenters. The molecule has 2 fully saturated rings. The highest BCUT2D eigenvalue weighted by molar-refractivity contribution is 5.92. The maximum absolute atomic E-state index is 12.3. The topological polar surface area (TPSA) is 78.9 Å². The number of hydrogen-bond donors (Lipinski definition) is 2. The molecule has 0 spiro atoms. The van der Waals surface area contributed by atoms with Gasteiger partial charge in [-0.25, -0.2) is 9.59 Å². The fraction of sp³-hybridized carbons (Fsp3) is 0.500. The van der Waals surface area contributed by atoms with Crippen LogP contribution in [0.5, 0.6) is 0 Å². The minimum absolute atomic E-state index is 0.130. The van der Waals surface area contributed by atoms with Crippen molar-refractivity contribution in [3.8, 4) is 0 Å². The van der Waals surface area contributed by atoms with Gasteiger partial charge in [0.1, 0.15) is 0 Å². The summed E-state index contributed by atoms with van der Waals surface area (Å²) in [4.78, 5) is 25.4. The third kappa shape index (κ3) is 2.92. The smallest absolute Gasteiger partial charge is 0.337 e. The monoisotopic (exact) mass is 304 g/mol. The number of methoxy groups -OCH3 is 1. The molecule has 118 valence electrons. The van der Waals surface area contributed by atoms with Gasteiger partial charge in [-0.3, -0.25) is 0 Å². The van der Waals surface area contributed by atoms with E-state index in [1.807, 2.05) is 0 Å². The Kier molecular flexibility index (Phi) is 4.02. The van der Waals surface area contributed by atoms with Crippen LogP contribution in [-0.2, 0) is 4.74 Å². The number of hydrogen-bond acceptors (Lipinski definition) is 4. The molecule has 22 heavy (non-hydrogen) atoms. The Balaban J connectivity index is 1.57. The largest absolute Gasteiger partial charge is 0.465 e. The van der Waals surface area contributed by atoms with Crippen molar-refractivity contribution in [1.29, 1.82) is 0 Å². The number of esters is 1. The van der Waals surface area contributed by atoms with Gasteiger partial charge in [-0.15, -0.1) is 0 Å². The Hall–Kier alpha value is -2.08. The van der Waals surface area contributed by atoms with Crippen molar-refractivity contribution in [3.05, 3.63) is 29.8 Å². The number of nitrogens with zero attached hydrogens (tertiary/aromatic N) is 1. The first-order valence-electron chi connectivity index (χ1n) is 7.49. The van der Waals surface area contributed by atoms with Gasteiger partial charge in [0.25, 0.3) is 0 Å². The first-order valence-corrected chi connectivity index (χ1v) is 7.49.